The first-order valence-electron chi connectivity index (χ1n) is 6.31. The third-order valence-corrected chi connectivity index (χ3v) is 2.80. The molecule has 8 heteroatoms. The number of benzene rings is 1. The van der Waals surface area contributed by atoms with Gasteiger partial charge in [0, 0.05) is 17.8 Å². The van der Waals surface area contributed by atoms with E-state index in [-0.39, 0.29) is 11.4 Å². The molecule has 1 aromatic carbocycles. The number of nitrogens with one attached hydrogen (secondary N) is 2. The van der Waals surface area contributed by atoms with E-state index >= 15 is 0 Å². The van der Waals surface area contributed by atoms with Crippen molar-refractivity contribution in [3.05, 3.63) is 51.5 Å². The van der Waals surface area contributed by atoms with Gasteiger partial charge in [0.15, 0.2) is 5.82 Å². The van der Waals surface area contributed by atoms with Gasteiger partial charge < -0.3 is 5.32 Å². The van der Waals surface area contributed by atoms with Crippen LogP contribution in [0.25, 0.3) is 0 Å². The molecule has 7 nitrogen and oxygen atoms in total. The molecule has 2 rings (SSSR count). The summed E-state index contributed by atoms with van der Waals surface area (Å²) in [7, 11) is 0. The van der Waals surface area contributed by atoms with Gasteiger partial charge in [0.1, 0.15) is 5.82 Å². The van der Waals surface area contributed by atoms with Crippen molar-refractivity contribution >= 4 is 17.4 Å². The SMILES string of the molecule is CCCc1cc(NC(=O)c2ccc([N+](=O)[O-])cc2F)n[nH]1. The van der Waals surface area contributed by atoms with E-state index in [1.54, 1.807) is 6.07 Å². The molecule has 2 aromatic rings. The maximum atomic E-state index is 13.7. The molecule has 0 radical (unpaired) electrons. The highest BCUT2D eigenvalue weighted by atomic mass is 19.1. The van der Waals surface area contributed by atoms with Crippen LogP contribution in [-0.4, -0.2) is 21.0 Å². The Kier molecular flexibility index (Phi) is 4.27. The maximum absolute atomic E-state index is 13.7. The number of hydrogen-bond acceptors (Lipinski definition) is 4. The number of nitro benzene ring substituents is 1. The van der Waals surface area contributed by atoms with Gasteiger partial charge in [0.05, 0.1) is 16.6 Å². The quantitative estimate of drug-likeness (QED) is 0.653. The highest BCUT2D eigenvalue weighted by Gasteiger charge is 2.17. The van der Waals surface area contributed by atoms with Crippen molar-refractivity contribution in [2.45, 2.75) is 19.8 Å². The Hall–Kier alpha value is -2.77. The van der Waals surface area contributed by atoms with Gasteiger partial charge in [-0.2, -0.15) is 5.10 Å². The number of aromatic nitrogens is 2. The Labute approximate surface area is 119 Å². The Balaban J connectivity index is 2.14. The number of halogens is 1. The van der Waals surface area contributed by atoms with Crippen molar-refractivity contribution in [2.24, 2.45) is 0 Å². The van der Waals surface area contributed by atoms with Gasteiger partial charge in [-0.15, -0.1) is 0 Å². The molecule has 110 valence electrons. The van der Waals surface area contributed by atoms with Crippen molar-refractivity contribution < 1.29 is 14.1 Å². The molecule has 1 heterocycles. The van der Waals surface area contributed by atoms with Crippen LogP contribution in [0.4, 0.5) is 15.9 Å². The number of carbonyl (C=O) groups excluding carboxylic acids is 1. The number of amides is 1. The second-order valence-electron chi connectivity index (χ2n) is 4.40. The fourth-order valence-electron chi connectivity index (χ4n) is 1.81. The number of aryl methyl sites for hydroxylation is 1. The van der Waals surface area contributed by atoms with Gasteiger partial charge >= 0.3 is 0 Å². The predicted molar refractivity (Wildman–Crippen MR) is 73.6 cm³/mol. The molecule has 2 N–H and O–H groups in total. The summed E-state index contributed by atoms with van der Waals surface area (Å²) in [6.07, 6.45) is 1.71. The Morgan fingerprint density at radius 3 is 2.86 bits per heavy atom. The first kappa shape index (κ1) is 14.6. The smallest absolute Gasteiger partial charge is 0.272 e. The van der Waals surface area contributed by atoms with Gasteiger partial charge in [-0.25, -0.2) is 4.39 Å². The number of aromatic amines is 1. The van der Waals surface area contributed by atoms with E-state index in [1.807, 2.05) is 6.92 Å². The molecule has 21 heavy (non-hydrogen) atoms. The average Bonchev–Trinajstić information content (AvgIpc) is 2.86. The molecule has 0 aliphatic rings. The van der Waals surface area contributed by atoms with Crippen molar-refractivity contribution in [3.63, 3.8) is 0 Å². The van der Waals surface area contributed by atoms with Crippen LogP contribution >= 0.6 is 0 Å². The minimum atomic E-state index is -0.953. The largest absolute Gasteiger partial charge is 0.305 e. The van der Waals surface area contributed by atoms with E-state index in [2.05, 4.69) is 15.5 Å². The number of carbonyl (C=O) groups is 1. The number of nitrogens with zero attached hydrogens (tertiary/aromatic N) is 2. The number of H-pyrrole nitrogens is 1. The van der Waals surface area contributed by atoms with Crippen molar-refractivity contribution in [2.75, 3.05) is 5.32 Å². The average molecular weight is 292 g/mol. The highest BCUT2D eigenvalue weighted by Crippen LogP contribution is 2.18. The standard InChI is InChI=1S/C13H13FN4O3/c1-2-3-8-6-12(17-16-8)15-13(19)10-5-4-9(18(20)21)7-11(10)14/h4-7H,2-3H2,1H3,(H2,15,16,17,19). The van der Waals surface area contributed by atoms with E-state index in [0.717, 1.165) is 30.7 Å². The van der Waals surface area contributed by atoms with Crippen LogP contribution in [0.3, 0.4) is 0 Å². The zero-order valence-electron chi connectivity index (χ0n) is 11.2. The molecule has 0 fully saturated rings. The summed E-state index contributed by atoms with van der Waals surface area (Å²) in [5.74, 6) is -1.39. The lowest BCUT2D eigenvalue weighted by Crippen LogP contribution is -2.14. The van der Waals surface area contributed by atoms with Crippen molar-refractivity contribution in [3.8, 4) is 0 Å². The Bertz CT molecular complexity index is 684. The number of anilines is 1. The van der Waals surface area contributed by atoms with Crippen LogP contribution in [0.2, 0.25) is 0 Å². The summed E-state index contributed by atoms with van der Waals surface area (Å²) in [6, 6.07) is 4.51. The summed E-state index contributed by atoms with van der Waals surface area (Å²) in [4.78, 5) is 21.7. The Morgan fingerprint density at radius 1 is 1.48 bits per heavy atom. The maximum Gasteiger partial charge on any atom is 0.272 e. The summed E-state index contributed by atoms with van der Waals surface area (Å²) in [6.45, 7) is 2.01. The molecule has 0 saturated heterocycles. The van der Waals surface area contributed by atoms with E-state index in [9.17, 15) is 19.3 Å². The molecular weight excluding hydrogens is 279 g/mol. The lowest BCUT2D eigenvalue weighted by Gasteiger charge is -2.03. The minimum Gasteiger partial charge on any atom is -0.305 e. The normalized spacial score (nSPS) is 10.4. The second-order valence-corrected chi connectivity index (χ2v) is 4.40. The summed E-state index contributed by atoms with van der Waals surface area (Å²) in [5.41, 5.74) is 0.173. The molecule has 0 spiro atoms. The fraction of sp³-hybridized carbons (Fsp3) is 0.231. The molecule has 0 unspecified atom stereocenters. The number of hydrogen-bond donors (Lipinski definition) is 2. The number of non-ortho nitro benzene ring substituents is 1. The zero-order chi connectivity index (χ0) is 15.4. The minimum absolute atomic E-state index is 0.277. The monoisotopic (exact) mass is 292 g/mol. The lowest BCUT2D eigenvalue weighted by molar-refractivity contribution is -0.385. The van der Waals surface area contributed by atoms with Gasteiger partial charge in [0.25, 0.3) is 11.6 Å². The molecule has 0 saturated carbocycles. The van der Waals surface area contributed by atoms with Crippen LogP contribution in [0.15, 0.2) is 24.3 Å². The van der Waals surface area contributed by atoms with E-state index in [1.165, 1.54) is 0 Å². The van der Waals surface area contributed by atoms with Crippen LogP contribution in [0, 0.1) is 15.9 Å². The third-order valence-electron chi connectivity index (χ3n) is 2.80. The van der Waals surface area contributed by atoms with Crippen LogP contribution in [0.1, 0.15) is 29.4 Å². The first-order valence-corrected chi connectivity index (χ1v) is 6.31. The first-order chi connectivity index (χ1) is 10.0. The van der Waals surface area contributed by atoms with Crippen LogP contribution in [-0.2, 0) is 6.42 Å². The van der Waals surface area contributed by atoms with E-state index in [0.29, 0.717) is 6.07 Å². The predicted octanol–water partition coefficient (Wildman–Crippen LogP) is 2.66. The molecule has 1 amide bonds. The topological polar surface area (TPSA) is 101 Å². The van der Waals surface area contributed by atoms with Gasteiger partial charge in [-0.3, -0.25) is 20.0 Å². The molecule has 0 aliphatic heterocycles. The molecule has 0 atom stereocenters. The highest BCUT2D eigenvalue weighted by molar-refractivity contribution is 6.04. The third kappa shape index (κ3) is 3.41. The van der Waals surface area contributed by atoms with E-state index < -0.39 is 22.3 Å². The zero-order valence-corrected chi connectivity index (χ0v) is 11.2. The number of rotatable bonds is 5. The van der Waals surface area contributed by atoms with E-state index in [4.69, 9.17) is 0 Å². The summed E-state index contributed by atoms with van der Waals surface area (Å²) in [5, 5.41) is 19.6. The summed E-state index contributed by atoms with van der Waals surface area (Å²) < 4.78 is 13.7. The molecule has 0 aliphatic carbocycles. The van der Waals surface area contributed by atoms with Crippen molar-refractivity contribution in [1.82, 2.24) is 10.2 Å². The lowest BCUT2D eigenvalue weighted by atomic mass is 10.2. The molecule has 1 aromatic heterocycles. The van der Waals surface area contributed by atoms with Gasteiger partial charge in [-0.1, -0.05) is 13.3 Å². The molecule has 0 bridgehead atoms. The van der Waals surface area contributed by atoms with Crippen molar-refractivity contribution in [1.29, 1.82) is 0 Å². The Morgan fingerprint density at radius 2 is 2.24 bits per heavy atom. The number of nitro groups is 1. The van der Waals surface area contributed by atoms with Gasteiger partial charge in [-0.05, 0) is 12.5 Å². The fourth-order valence-corrected chi connectivity index (χ4v) is 1.81. The molecular formula is C13H13FN4O3. The second kappa shape index (κ2) is 6.12. The van der Waals surface area contributed by atoms with Crippen LogP contribution in [0.5, 0.6) is 0 Å². The van der Waals surface area contributed by atoms with Crippen LogP contribution < -0.4 is 5.32 Å². The summed E-state index contributed by atoms with van der Waals surface area (Å²) >= 11 is 0. The van der Waals surface area contributed by atoms with Gasteiger partial charge in [0.2, 0.25) is 0 Å².